The van der Waals surface area contributed by atoms with Crippen molar-refractivity contribution in [1.29, 1.82) is 0 Å². The molecular weight excluding hydrogens is 335 g/mol. The van der Waals surface area contributed by atoms with Gasteiger partial charge in [-0.05, 0) is 44.7 Å². The van der Waals surface area contributed by atoms with Gasteiger partial charge in [-0.15, -0.1) is 0 Å². The van der Waals surface area contributed by atoms with Gasteiger partial charge in [0.1, 0.15) is 17.7 Å². The number of piperidine rings is 1. The summed E-state index contributed by atoms with van der Waals surface area (Å²) in [6.07, 6.45) is 2.25. The van der Waals surface area contributed by atoms with E-state index in [1.807, 2.05) is 13.8 Å². The fraction of sp³-hybridized carbons (Fsp3) is 0.579. The number of primary amides is 1. The molecule has 2 rings (SSSR count). The molecule has 0 radical (unpaired) electrons. The first-order chi connectivity index (χ1) is 12.5. The van der Waals surface area contributed by atoms with E-state index in [1.54, 1.807) is 12.1 Å². The molecule has 0 bridgehead atoms. The van der Waals surface area contributed by atoms with Gasteiger partial charge < -0.3 is 20.7 Å². The quantitative estimate of drug-likeness (QED) is 0.574. The Morgan fingerprint density at radius 1 is 1.54 bits per heavy atom. The van der Waals surface area contributed by atoms with Crippen LogP contribution in [0, 0.1) is 11.7 Å². The molecule has 1 saturated heterocycles. The highest BCUT2D eigenvalue weighted by Crippen LogP contribution is 2.19. The van der Waals surface area contributed by atoms with E-state index in [2.05, 4.69) is 15.2 Å². The van der Waals surface area contributed by atoms with Crippen molar-refractivity contribution in [2.75, 3.05) is 26.2 Å². The highest BCUT2D eigenvalue weighted by Gasteiger charge is 2.23. The van der Waals surface area contributed by atoms with Crippen molar-refractivity contribution in [1.82, 2.24) is 10.2 Å². The zero-order valence-electron chi connectivity index (χ0n) is 15.6. The molecule has 1 fully saturated rings. The van der Waals surface area contributed by atoms with Crippen molar-refractivity contribution in [3.8, 4) is 5.75 Å². The lowest BCUT2D eigenvalue weighted by molar-refractivity contribution is -0.119. The molecule has 1 aliphatic heterocycles. The van der Waals surface area contributed by atoms with Crippen molar-refractivity contribution in [3.05, 3.63) is 30.1 Å². The first-order valence-corrected chi connectivity index (χ1v) is 9.21. The van der Waals surface area contributed by atoms with Gasteiger partial charge in [-0.25, -0.2) is 9.38 Å². The van der Waals surface area contributed by atoms with E-state index < -0.39 is 0 Å². The number of hydrogen-bond donors (Lipinski definition) is 2. The average molecular weight is 364 g/mol. The highest BCUT2D eigenvalue weighted by atomic mass is 19.1. The third kappa shape index (κ3) is 6.54. The Kier molecular flexibility index (Phi) is 7.69. The van der Waals surface area contributed by atoms with Crippen LogP contribution < -0.4 is 15.8 Å². The molecule has 0 aliphatic carbocycles. The van der Waals surface area contributed by atoms with E-state index in [4.69, 9.17) is 10.5 Å². The molecule has 1 aromatic carbocycles. The predicted molar refractivity (Wildman–Crippen MR) is 101 cm³/mol. The van der Waals surface area contributed by atoms with Gasteiger partial charge in [0.2, 0.25) is 5.91 Å². The van der Waals surface area contributed by atoms with Gasteiger partial charge in [-0.2, -0.15) is 0 Å². The van der Waals surface area contributed by atoms with Crippen LogP contribution >= 0.6 is 0 Å². The zero-order valence-corrected chi connectivity index (χ0v) is 15.6. The number of nitrogens with zero attached hydrogens (tertiary/aromatic N) is 2. The Morgan fingerprint density at radius 2 is 2.35 bits per heavy atom. The van der Waals surface area contributed by atoms with Crippen molar-refractivity contribution in [2.24, 2.45) is 16.6 Å². The maximum Gasteiger partial charge on any atom is 0.217 e. The van der Waals surface area contributed by atoms with Crippen LogP contribution in [0.5, 0.6) is 5.75 Å². The second kappa shape index (κ2) is 9.99. The van der Waals surface area contributed by atoms with Crippen LogP contribution in [0.15, 0.2) is 29.3 Å². The van der Waals surface area contributed by atoms with E-state index in [9.17, 15) is 9.18 Å². The SMILES string of the molecule is CCNC(=NCC(C)Oc1cccc(F)c1)N1CCCC(CC(N)=O)C1. The van der Waals surface area contributed by atoms with Crippen LogP contribution in [0.25, 0.3) is 0 Å². The van der Waals surface area contributed by atoms with Crippen LogP contribution in [0.4, 0.5) is 4.39 Å². The number of ether oxygens (including phenoxy) is 1. The lowest BCUT2D eigenvalue weighted by Crippen LogP contribution is -2.47. The number of nitrogens with two attached hydrogens (primary N) is 1. The number of rotatable bonds is 7. The van der Waals surface area contributed by atoms with E-state index in [1.165, 1.54) is 12.1 Å². The second-order valence-electron chi connectivity index (χ2n) is 6.71. The topological polar surface area (TPSA) is 80.0 Å². The van der Waals surface area contributed by atoms with Crippen LogP contribution in [-0.4, -0.2) is 49.0 Å². The van der Waals surface area contributed by atoms with E-state index in [0.717, 1.165) is 38.4 Å². The number of nitrogens with one attached hydrogen (secondary N) is 1. The molecular formula is C19H29FN4O2. The number of carbonyl (C=O) groups is 1. The zero-order chi connectivity index (χ0) is 18.9. The van der Waals surface area contributed by atoms with Gasteiger partial charge >= 0.3 is 0 Å². The number of hydrogen-bond acceptors (Lipinski definition) is 3. The van der Waals surface area contributed by atoms with Crippen LogP contribution in [0.1, 0.15) is 33.1 Å². The number of amides is 1. The summed E-state index contributed by atoms with van der Waals surface area (Å²) in [5.74, 6) is 1.01. The lowest BCUT2D eigenvalue weighted by Gasteiger charge is -2.34. The van der Waals surface area contributed by atoms with Crippen molar-refractivity contribution in [3.63, 3.8) is 0 Å². The lowest BCUT2D eigenvalue weighted by atomic mass is 9.95. The molecule has 3 N–H and O–H groups in total. The van der Waals surface area contributed by atoms with Crippen molar-refractivity contribution < 1.29 is 13.9 Å². The van der Waals surface area contributed by atoms with Gasteiger partial charge in [0.15, 0.2) is 5.96 Å². The Bertz CT molecular complexity index is 623. The summed E-state index contributed by atoms with van der Waals surface area (Å²) >= 11 is 0. The molecule has 7 heteroatoms. The van der Waals surface area contributed by atoms with Crippen LogP contribution in [0.3, 0.4) is 0 Å². The van der Waals surface area contributed by atoms with E-state index >= 15 is 0 Å². The van der Waals surface area contributed by atoms with Crippen LogP contribution in [-0.2, 0) is 4.79 Å². The third-order valence-corrected chi connectivity index (χ3v) is 4.27. The number of likely N-dealkylation sites (tertiary alicyclic amines) is 1. The number of halogens is 1. The number of benzene rings is 1. The maximum absolute atomic E-state index is 13.2. The van der Waals surface area contributed by atoms with Crippen molar-refractivity contribution >= 4 is 11.9 Å². The highest BCUT2D eigenvalue weighted by molar-refractivity contribution is 5.80. The Labute approximate surface area is 154 Å². The standard InChI is InChI=1S/C19H29FN4O2/c1-3-22-19(24-9-5-6-15(13-24)10-18(21)25)23-12-14(2)26-17-8-4-7-16(20)11-17/h4,7-8,11,14-15H,3,5-6,9-10,12-13H2,1-2H3,(H2,21,25)(H,22,23). The van der Waals surface area contributed by atoms with Gasteiger partial charge in [-0.3, -0.25) is 4.79 Å². The molecule has 2 unspecified atom stereocenters. The molecule has 1 heterocycles. The molecule has 1 aliphatic rings. The maximum atomic E-state index is 13.2. The monoisotopic (exact) mass is 364 g/mol. The minimum Gasteiger partial charge on any atom is -0.489 e. The minimum absolute atomic E-state index is 0.184. The van der Waals surface area contributed by atoms with Gasteiger partial charge in [0.25, 0.3) is 0 Å². The summed E-state index contributed by atoms with van der Waals surface area (Å²) in [6, 6.07) is 6.10. The van der Waals surface area contributed by atoms with E-state index in [-0.39, 0.29) is 23.7 Å². The summed E-state index contributed by atoms with van der Waals surface area (Å²) in [5, 5.41) is 3.30. The molecule has 6 nitrogen and oxygen atoms in total. The second-order valence-corrected chi connectivity index (χ2v) is 6.71. The minimum atomic E-state index is -0.319. The smallest absolute Gasteiger partial charge is 0.217 e. The summed E-state index contributed by atoms with van der Waals surface area (Å²) in [5.41, 5.74) is 5.34. The van der Waals surface area contributed by atoms with Gasteiger partial charge in [0, 0.05) is 32.1 Å². The predicted octanol–water partition coefficient (Wildman–Crippen LogP) is 2.15. The molecule has 1 aromatic rings. The Hall–Kier alpha value is -2.31. The molecule has 0 saturated carbocycles. The number of aliphatic imine (C=N–C) groups is 1. The van der Waals surface area contributed by atoms with Gasteiger partial charge in [-0.1, -0.05) is 6.07 Å². The first kappa shape index (κ1) is 20.0. The molecule has 0 aromatic heterocycles. The fourth-order valence-electron chi connectivity index (χ4n) is 3.16. The first-order valence-electron chi connectivity index (χ1n) is 9.21. The largest absolute Gasteiger partial charge is 0.489 e. The van der Waals surface area contributed by atoms with Crippen molar-refractivity contribution in [2.45, 2.75) is 39.2 Å². The molecule has 2 atom stereocenters. The summed E-state index contributed by atoms with van der Waals surface area (Å²) in [4.78, 5) is 18.0. The molecule has 144 valence electrons. The molecule has 26 heavy (non-hydrogen) atoms. The summed E-state index contributed by atoms with van der Waals surface area (Å²) in [6.45, 7) is 6.82. The summed E-state index contributed by atoms with van der Waals surface area (Å²) < 4.78 is 19.0. The Morgan fingerprint density at radius 3 is 3.04 bits per heavy atom. The Balaban J connectivity index is 1.95. The average Bonchev–Trinajstić information content (AvgIpc) is 2.58. The normalized spacial score (nSPS) is 19.1. The van der Waals surface area contributed by atoms with Crippen LogP contribution in [0.2, 0.25) is 0 Å². The fourth-order valence-corrected chi connectivity index (χ4v) is 3.16. The molecule has 0 spiro atoms. The van der Waals surface area contributed by atoms with E-state index in [0.29, 0.717) is 18.7 Å². The molecule has 1 amide bonds. The van der Waals surface area contributed by atoms with Gasteiger partial charge in [0.05, 0.1) is 6.54 Å². The summed E-state index contributed by atoms with van der Waals surface area (Å²) in [7, 11) is 0. The number of guanidine groups is 1. The third-order valence-electron chi connectivity index (χ3n) is 4.27. The number of carbonyl (C=O) groups excluding carboxylic acids is 1.